The molecule has 0 aliphatic heterocycles. The molecular formula is C7H15BBrIO2S. The fraction of sp³-hybridized carbons (Fsp3) is 1.00. The van der Waals surface area contributed by atoms with Gasteiger partial charge in [0, 0.05) is 11.9 Å². The maximum atomic E-state index is 5.39. The summed E-state index contributed by atoms with van der Waals surface area (Å²) in [5.41, 5.74) is 0. The van der Waals surface area contributed by atoms with Crippen molar-refractivity contribution in [1.82, 2.24) is 0 Å². The normalized spacial score (nSPS) is 10.4. The van der Waals surface area contributed by atoms with Gasteiger partial charge in [0.1, 0.15) is 0 Å². The van der Waals surface area contributed by atoms with Gasteiger partial charge in [-0.15, -0.1) is 22.4 Å². The second-order valence-corrected chi connectivity index (χ2v) is 6.53. The lowest BCUT2D eigenvalue weighted by Gasteiger charge is -2.05. The third-order valence-corrected chi connectivity index (χ3v) is 4.56. The van der Waals surface area contributed by atoms with Gasteiger partial charge in [0.15, 0.2) is 0 Å². The summed E-state index contributed by atoms with van der Waals surface area (Å²) in [6, 6.07) is 0. The van der Waals surface area contributed by atoms with Crippen LogP contribution in [0.4, 0.5) is 0 Å². The molecule has 0 N–H and O–H groups in total. The Hall–Kier alpha value is 1.54. The van der Waals surface area contributed by atoms with Crippen molar-refractivity contribution in [3.8, 4) is 0 Å². The Morgan fingerprint density at radius 3 is 2.38 bits per heavy atom. The average molecular weight is 381 g/mol. The van der Waals surface area contributed by atoms with Crippen molar-refractivity contribution in [1.29, 1.82) is 0 Å². The molecule has 0 spiro atoms. The van der Waals surface area contributed by atoms with E-state index in [0.29, 0.717) is 17.1 Å². The Morgan fingerprint density at radius 1 is 1.23 bits per heavy atom. The zero-order valence-corrected chi connectivity index (χ0v) is 12.4. The minimum Gasteiger partial charge on any atom is -0.380 e. The van der Waals surface area contributed by atoms with E-state index in [2.05, 4.69) is 44.6 Å². The topological polar surface area (TPSA) is 18.5 Å². The first-order valence-electron chi connectivity index (χ1n) is 4.19. The maximum absolute atomic E-state index is 5.39. The molecule has 0 amide bonds. The molecule has 0 unspecified atom stereocenters. The molecule has 78 valence electrons. The van der Waals surface area contributed by atoms with Gasteiger partial charge in [-0.25, -0.2) is 0 Å². The van der Waals surface area contributed by atoms with Crippen LogP contribution in [0.15, 0.2) is 0 Å². The van der Waals surface area contributed by atoms with Gasteiger partial charge in [0.2, 0.25) is 0 Å². The van der Waals surface area contributed by atoms with Gasteiger partial charge in [-0.05, 0) is 12.6 Å². The van der Waals surface area contributed by atoms with E-state index in [9.17, 15) is 0 Å². The third kappa shape index (κ3) is 11.5. The van der Waals surface area contributed by atoms with Crippen molar-refractivity contribution in [2.75, 3.05) is 38.0 Å². The predicted molar refractivity (Wildman–Crippen MR) is 73.5 cm³/mol. The van der Waals surface area contributed by atoms with Crippen LogP contribution in [0.5, 0.6) is 0 Å². The van der Waals surface area contributed by atoms with Gasteiger partial charge >= 0.3 is 0 Å². The summed E-state index contributed by atoms with van der Waals surface area (Å²) >= 11 is 7.58. The number of halogens is 2. The maximum Gasteiger partial charge on any atom is 0.283 e. The number of rotatable bonds is 9. The SMILES string of the molecule is CSB(I)CCOCCOCCBr. The monoisotopic (exact) mass is 380 g/mol. The Balaban J connectivity index is 2.91. The van der Waals surface area contributed by atoms with Crippen LogP contribution in [0.25, 0.3) is 0 Å². The summed E-state index contributed by atoms with van der Waals surface area (Å²) in [5.74, 6) is 0. The number of alkyl halides is 1. The molecule has 0 aliphatic rings. The number of hydrogen-bond acceptors (Lipinski definition) is 3. The molecule has 0 rings (SSSR count). The van der Waals surface area contributed by atoms with Crippen LogP contribution in [0, 0.1) is 0 Å². The van der Waals surface area contributed by atoms with E-state index in [1.165, 1.54) is 0 Å². The van der Waals surface area contributed by atoms with Gasteiger partial charge in [0.05, 0.1) is 19.8 Å². The van der Waals surface area contributed by atoms with E-state index in [0.717, 1.165) is 24.9 Å². The van der Waals surface area contributed by atoms with E-state index in [1.807, 2.05) is 11.6 Å². The minimum absolute atomic E-state index is 0.668. The van der Waals surface area contributed by atoms with Crippen molar-refractivity contribution >= 4 is 53.8 Å². The molecule has 0 fully saturated rings. The lowest BCUT2D eigenvalue weighted by molar-refractivity contribution is 0.0598. The fourth-order valence-corrected chi connectivity index (χ4v) is 1.49. The molecule has 0 radical (unpaired) electrons. The van der Waals surface area contributed by atoms with Crippen LogP contribution in [0.3, 0.4) is 0 Å². The molecule has 0 aromatic carbocycles. The third-order valence-electron chi connectivity index (χ3n) is 1.34. The van der Waals surface area contributed by atoms with Gasteiger partial charge in [0.25, 0.3) is 3.85 Å². The first-order chi connectivity index (χ1) is 6.31. The highest BCUT2D eigenvalue weighted by molar-refractivity contribution is 14.1. The second-order valence-electron chi connectivity index (χ2n) is 2.35. The van der Waals surface area contributed by atoms with Crippen LogP contribution in [0.2, 0.25) is 6.32 Å². The van der Waals surface area contributed by atoms with E-state index in [1.54, 1.807) is 0 Å². The molecule has 0 aliphatic carbocycles. The predicted octanol–water partition coefficient (Wildman–Crippen LogP) is 2.70. The van der Waals surface area contributed by atoms with E-state index >= 15 is 0 Å². The van der Waals surface area contributed by atoms with Crippen molar-refractivity contribution in [3.63, 3.8) is 0 Å². The summed E-state index contributed by atoms with van der Waals surface area (Å²) in [7, 11) is 0. The van der Waals surface area contributed by atoms with Gasteiger partial charge in [-0.3, -0.25) is 0 Å². The Kier molecular flexibility index (Phi) is 13.0. The van der Waals surface area contributed by atoms with E-state index < -0.39 is 0 Å². The van der Waals surface area contributed by atoms with Crippen molar-refractivity contribution in [2.24, 2.45) is 0 Å². The van der Waals surface area contributed by atoms with Crippen LogP contribution < -0.4 is 0 Å². The summed E-state index contributed by atoms with van der Waals surface area (Å²) in [6.07, 6.45) is 3.23. The Bertz CT molecular complexity index is 112. The molecule has 2 nitrogen and oxygen atoms in total. The average Bonchev–Trinajstić information content (AvgIpc) is 2.16. The highest BCUT2D eigenvalue weighted by Gasteiger charge is 2.05. The van der Waals surface area contributed by atoms with Crippen LogP contribution in [0.1, 0.15) is 0 Å². The summed E-state index contributed by atoms with van der Waals surface area (Å²) < 4.78 is 11.3. The molecule has 0 saturated heterocycles. The highest BCUT2D eigenvalue weighted by atomic mass is 127. The smallest absolute Gasteiger partial charge is 0.283 e. The number of ether oxygens (including phenoxy) is 2. The number of hydrogen-bond donors (Lipinski definition) is 0. The lowest BCUT2D eigenvalue weighted by atomic mass is 10.0. The van der Waals surface area contributed by atoms with Crippen LogP contribution in [-0.2, 0) is 9.47 Å². The molecule has 0 atom stereocenters. The second kappa shape index (κ2) is 11.6. The summed E-state index contributed by atoms with van der Waals surface area (Å²) in [4.78, 5) is 0. The van der Waals surface area contributed by atoms with Gasteiger partial charge in [-0.1, -0.05) is 15.9 Å². The molecule has 0 aromatic rings. The molecule has 0 bridgehead atoms. The zero-order valence-electron chi connectivity index (χ0n) is 7.80. The zero-order chi connectivity index (χ0) is 9.94. The molecule has 0 heterocycles. The largest absolute Gasteiger partial charge is 0.380 e. The quantitative estimate of drug-likeness (QED) is 0.265. The summed E-state index contributed by atoms with van der Waals surface area (Å²) in [6.45, 7) is 3.02. The fourth-order valence-electron chi connectivity index (χ4n) is 0.670. The van der Waals surface area contributed by atoms with Gasteiger partial charge < -0.3 is 9.47 Å². The Morgan fingerprint density at radius 2 is 1.85 bits per heavy atom. The lowest BCUT2D eigenvalue weighted by Crippen LogP contribution is -2.09. The molecule has 6 heteroatoms. The first kappa shape index (κ1) is 14.5. The van der Waals surface area contributed by atoms with Crippen LogP contribution >= 0.6 is 49.9 Å². The standard InChI is InChI=1S/C7H15BBrIO2S/c1-13-8(10)2-4-11-6-7-12-5-3-9/h2-7H2,1H3. The highest BCUT2D eigenvalue weighted by Crippen LogP contribution is 2.13. The van der Waals surface area contributed by atoms with E-state index in [4.69, 9.17) is 9.47 Å². The first-order valence-corrected chi connectivity index (χ1v) is 7.85. The van der Waals surface area contributed by atoms with Crippen LogP contribution in [-0.4, -0.2) is 41.9 Å². The van der Waals surface area contributed by atoms with Gasteiger partial charge in [-0.2, -0.15) is 11.6 Å². The molecule has 0 aromatic heterocycles. The molecule has 0 saturated carbocycles. The van der Waals surface area contributed by atoms with Crippen molar-refractivity contribution < 1.29 is 9.47 Å². The summed E-state index contributed by atoms with van der Waals surface area (Å²) in [5, 5.41) is 0.898. The van der Waals surface area contributed by atoms with E-state index in [-0.39, 0.29) is 0 Å². The molecule has 13 heavy (non-hydrogen) atoms. The minimum atomic E-state index is 0.668. The van der Waals surface area contributed by atoms with Crippen molar-refractivity contribution in [2.45, 2.75) is 6.32 Å². The molecular weight excluding hydrogens is 366 g/mol. The van der Waals surface area contributed by atoms with Crippen molar-refractivity contribution in [3.05, 3.63) is 0 Å². The Labute approximate surface area is 107 Å².